The van der Waals surface area contributed by atoms with Gasteiger partial charge in [-0.25, -0.2) is 0 Å². The molecule has 0 fully saturated rings. The summed E-state index contributed by atoms with van der Waals surface area (Å²) in [5.74, 6) is 0. The molecule has 0 saturated carbocycles. The van der Waals surface area contributed by atoms with Gasteiger partial charge in [0.15, 0.2) is 0 Å². The molecule has 1 nitrogen and oxygen atoms in total. The highest BCUT2D eigenvalue weighted by atomic mass is 32.1. The lowest BCUT2D eigenvalue weighted by Crippen LogP contribution is -2.09. The van der Waals surface area contributed by atoms with E-state index in [0.717, 1.165) is 12.1 Å². The molecule has 4 aromatic carbocycles. The molecule has 0 atom stereocenters. The van der Waals surface area contributed by atoms with Gasteiger partial charge in [-0.1, -0.05) is 69.3 Å². The Morgan fingerprint density at radius 3 is 2.43 bits per heavy atom. The average molecular weight is 472 g/mol. The fraction of sp³-hybridized carbons (Fsp3) is 0.182. The van der Waals surface area contributed by atoms with Crippen LogP contribution in [0.1, 0.15) is 31.9 Å². The summed E-state index contributed by atoms with van der Waals surface area (Å²) in [7, 11) is 0. The number of aryl methyl sites for hydroxylation is 1. The molecule has 2 heteroatoms. The molecule has 2 heterocycles. The van der Waals surface area contributed by atoms with E-state index in [0.29, 0.717) is 0 Å². The summed E-state index contributed by atoms with van der Waals surface area (Å²) in [6.45, 7) is 9.06. The quantitative estimate of drug-likeness (QED) is 0.250. The Labute approximate surface area is 211 Å². The topological polar surface area (TPSA) is 12.9 Å². The molecule has 172 valence electrons. The van der Waals surface area contributed by atoms with Crippen molar-refractivity contribution < 1.29 is 0 Å². The monoisotopic (exact) mass is 471 g/mol. The first-order chi connectivity index (χ1) is 16.9. The van der Waals surface area contributed by atoms with Crippen LogP contribution >= 0.6 is 11.3 Å². The summed E-state index contributed by atoms with van der Waals surface area (Å²) < 4.78 is 2.64. The zero-order valence-corrected chi connectivity index (χ0v) is 21.5. The average Bonchev–Trinajstić information content (AvgIpc) is 3.20. The van der Waals surface area contributed by atoms with Crippen LogP contribution in [-0.4, -0.2) is 4.98 Å². The Morgan fingerprint density at radius 2 is 1.57 bits per heavy atom. The van der Waals surface area contributed by atoms with Crippen molar-refractivity contribution in [3.63, 3.8) is 0 Å². The van der Waals surface area contributed by atoms with Crippen LogP contribution in [0.2, 0.25) is 0 Å². The smallest absolute Gasteiger partial charge is 0.0719 e. The van der Waals surface area contributed by atoms with Gasteiger partial charge in [0, 0.05) is 31.9 Å². The van der Waals surface area contributed by atoms with Crippen LogP contribution in [0.25, 0.3) is 53.3 Å². The van der Waals surface area contributed by atoms with Gasteiger partial charge in [-0.15, -0.1) is 11.3 Å². The van der Waals surface area contributed by atoms with Crippen molar-refractivity contribution in [2.45, 2.75) is 34.1 Å². The predicted molar refractivity (Wildman–Crippen MR) is 153 cm³/mol. The molecule has 0 unspecified atom stereocenters. The third-order valence-electron chi connectivity index (χ3n) is 6.65. The predicted octanol–water partition coefficient (Wildman–Crippen LogP) is 9.83. The fourth-order valence-electron chi connectivity index (χ4n) is 5.20. The van der Waals surface area contributed by atoms with Crippen molar-refractivity contribution in [1.82, 2.24) is 4.98 Å². The van der Waals surface area contributed by atoms with E-state index in [9.17, 15) is 0 Å². The van der Waals surface area contributed by atoms with Crippen LogP contribution in [0.3, 0.4) is 0 Å². The van der Waals surface area contributed by atoms with Crippen LogP contribution < -0.4 is 0 Å². The Balaban J connectivity index is 1.54. The summed E-state index contributed by atoms with van der Waals surface area (Å²) in [5, 5.41) is 5.22. The number of hydrogen-bond acceptors (Lipinski definition) is 2. The van der Waals surface area contributed by atoms with Gasteiger partial charge >= 0.3 is 0 Å². The van der Waals surface area contributed by atoms with E-state index < -0.39 is 0 Å². The van der Waals surface area contributed by atoms with E-state index in [1.807, 2.05) is 17.5 Å². The molecule has 0 aliphatic heterocycles. The highest BCUT2D eigenvalue weighted by molar-refractivity contribution is 7.26. The lowest BCUT2D eigenvalue weighted by Gasteiger charge is -2.18. The first kappa shape index (κ1) is 22.0. The van der Waals surface area contributed by atoms with Crippen LogP contribution in [-0.2, 0) is 6.42 Å². The van der Waals surface area contributed by atoms with Crippen molar-refractivity contribution >= 4 is 42.3 Å². The van der Waals surface area contributed by atoms with Gasteiger partial charge < -0.3 is 0 Å². The normalized spacial score (nSPS) is 12.1. The molecule has 6 aromatic rings. The highest BCUT2D eigenvalue weighted by Crippen LogP contribution is 2.42. The fourth-order valence-corrected chi connectivity index (χ4v) is 6.39. The molecule has 0 radical (unpaired) electrons. The van der Waals surface area contributed by atoms with Crippen LogP contribution in [0.15, 0.2) is 91.1 Å². The number of rotatable bonds is 3. The van der Waals surface area contributed by atoms with Crippen molar-refractivity contribution in [3.8, 4) is 22.4 Å². The number of fused-ring (bicyclic) bond motifs is 4. The summed E-state index contributed by atoms with van der Waals surface area (Å²) in [4.78, 5) is 4.81. The van der Waals surface area contributed by atoms with Crippen LogP contribution in [0, 0.1) is 12.3 Å². The van der Waals surface area contributed by atoms with Crippen molar-refractivity contribution in [2.75, 3.05) is 0 Å². The minimum absolute atomic E-state index is 0.246. The zero-order valence-electron chi connectivity index (χ0n) is 20.7. The second-order valence-electron chi connectivity index (χ2n) is 10.8. The summed E-state index contributed by atoms with van der Waals surface area (Å²) in [6, 6.07) is 31.2. The molecule has 0 bridgehead atoms. The van der Waals surface area contributed by atoms with Crippen LogP contribution in [0.5, 0.6) is 0 Å². The van der Waals surface area contributed by atoms with E-state index in [1.165, 1.54) is 58.8 Å². The second-order valence-corrected chi connectivity index (χ2v) is 11.9. The van der Waals surface area contributed by atoms with Gasteiger partial charge in [0.1, 0.15) is 0 Å². The maximum atomic E-state index is 4.81. The number of thiophene rings is 1. The molecular weight excluding hydrogens is 442 g/mol. The van der Waals surface area contributed by atoms with E-state index >= 15 is 0 Å². The molecular formula is C33H29NS. The van der Waals surface area contributed by atoms with Gasteiger partial charge in [-0.2, -0.15) is 0 Å². The van der Waals surface area contributed by atoms with Crippen LogP contribution in [0.4, 0.5) is 0 Å². The van der Waals surface area contributed by atoms with E-state index in [4.69, 9.17) is 4.98 Å². The summed E-state index contributed by atoms with van der Waals surface area (Å²) >= 11 is 1.88. The largest absolute Gasteiger partial charge is 0.256 e. The minimum Gasteiger partial charge on any atom is -0.256 e. The summed E-state index contributed by atoms with van der Waals surface area (Å²) in [6.07, 6.45) is 3.01. The molecule has 0 N–H and O–H groups in total. The van der Waals surface area contributed by atoms with Crippen molar-refractivity contribution in [2.24, 2.45) is 5.41 Å². The van der Waals surface area contributed by atoms with Crippen molar-refractivity contribution in [3.05, 3.63) is 102 Å². The number of benzene rings is 4. The highest BCUT2D eigenvalue weighted by Gasteiger charge is 2.16. The third-order valence-corrected chi connectivity index (χ3v) is 7.87. The van der Waals surface area contributed by atoms with E-state index in [1.54, 1.807) is 0 Å². The number of nitrogens with zero attached hydrogens (tertiary/aromatic N) is 1. The molecule has 0 saturated heterocycles. The number of hydrogen-bond donors (Lipinski definition) is 0. The lowest BCUT2D eigenvalue weighted by atomic mass is 9.88. The Kier molecular flexibility index (Phi) is 5.23. The maximum Gasteiger partial charge on any atom is 0.0719 e. The second kappa shape index (κ2) is 8.32. The Hall–Kier alpha value is -3.49. The first-order valence-electron chi connectivity index (χ1n) is 12.3. The summed E-state index contributed by atoms with van der Waals surface area (Å²) in [5.41, 5.74) is 7.72. The van der Waals surface area contributed by atoms with Gasteiger partial charge in [-0.3, -0.25) is 4.98 Å². The number of pyridine rings is 1. The molecule has 0 aliphatic carbocycles. The molecule has 2 aromatic heterocycles. The molecule has 0 spiro atoms. The first-order valence-corrected chi connectivity index (χ1v) is 13.1. The van der Waals surface area contributed by atoms with Gasteiger partial charge in [0.2, 0.25) is 0 Å². The van der Waals surface area contributed by atoms with Gasteiger partial charge in [0.05, 0.1) is 5.69 Å². The Morgan fingerprint density at radius 1 is 0.743 bits per heavy atom. The Bertz CT molecular complexity index is 1710. The number of aromatic nitrogens is 1. The third kappa shape index (κ3) is 4.13. The molecule has 6 rings (SSSR count). The van der Waals surface area contributed by atoms with Crippen molar-refractivity contribution in [1.29, 1.82) is 0 Å². The SMILES string of the molecule is Cc1cc(-c2cc(CC(C)(C)C)ccn2)c2sc3ccc(-c4cccc5ccccc45)cc3c2c1. The zero-order chi connectivity index (χ0) is 24.2. The lowest BCUT2D eigenvalue weighted by molar-refractivity contribution is 0.411. The van der Waals surface area contributed by atoms with E-state index in [2.05, 4.69) is 113 Å². The maximum absolute atomic E-state index is 4.81. The molecule has 0 amide bonds. The molecule has 0 aliphatic rings. The van der Waals surface area contributed by atoms with Gasteiger partial charge in [0.25, 0.3) is 0 Å². The van der Waals surface area contributed by atoms with E-state index in [-0.39, 0.29) is 5.41 Å². The minimum atomic E-state index is 0.246. The van der Waals surface area contributed by atoms with Gasteiger partial charge in [-0.05, 0) is 88.2 Å². The standard InChI is InChI=1S/C33H29NS/c1-21-16-28-27-19-24(26-11-7-9-23-8-5-6-10-25(23)26)12-13-31(27)35-32(28)29(17-21)30-18-22(14-15-34-30)20-33(2,3)4/h5-19H,20H2,1-4H3. The molecule has 35 heavy (non-hydrogen) atoms.